The quantitative estimate of drug-likeness (QED) is 0.491. The first-order valence-corrected chi connectivity index (χ1v) is 10.9. The third-order valence-electron chi connectivity index (χ3n) is 6.14. The summed E-state index contributed by atoms with van der Waals surface area (Å²) in [5.41, 5.74) is 0.481. The van der Waals surface area contributed by atoms with E-state index in [9.17, 15) is 9.59 Å². The lowest BCUT2D eigenvalue weighted by Gasteiger charge is -2.33. The van der Waals surface area contributed by atoms with Crippen LogP contribution >= 0.6 is 11.6 Å². The van der Waals surface area contributed by atoms with Crippen molar-refractivity contribution < 1.29 is 9.47 Å². The molecule has 10 heteroatoms. The predicted octanol–water partition coefficient (Wildman–Crippen LogP) is 3.15. The predicted molar refractivity (Wildman–Crippen MR) is 127 cm³/mol. The van der Waals surface area contributed by atoms with Crippen LogP contribution in [0.25, 0.3) is 21.8 Å². The van der Waals surface area contributed by atoms with Crippen LogP contribution < -0.4 is 25.6 Å². The molecule has 9 nitrogen and oxygen atoms in total. The molecule has 2 aromatic carbocycles. The number of anilines is 1. The summed E-state index contributed by atoms with van der Waals surface area (Å²) in [6.07, 6.45) is 2.78. The maximum Gasteiger partial charge on any atom is 0.329 e. The van der Waals surface area contributed by atoms with Crippen LogP contribution in [0, 0.1) is 0 Å². The molecule has 0 saturated carbocycles. The molecule has 1 saturated heterocycles. The van der Waals surface area contributed by atoms with E-state index in [4.69, 9.17) is 21.1 Å². The van der Waals surface area contributed by atoms with E-state index in [1.807, 2.05) is 12.1 Å². The molecule has 1 aliphatic heterocycles. The van der Waals surface area contributed by atoms with E-state index in [0.717, 1.165) is 16.7 Å². The van der Waals surface area contributed by atoms with Crippen LogP contribution in [0.5, 0.6) is 11.5 Å². The minimum atomic E-state index is -0.419. The number of piperidine rings is 1. The van der Waals surface area contributed by atoms with Gasteiger partial charge in [-0.2, -0.15) is 0 Å². The lowest BCUT2D eigenvalue weighted by molar-refractivity contribution is 0.355. The van der Waals surface area contributed by atoms with Gasteiger partial charge in [0.15, 0.2) is 11.5 Å². The second-order valence-corrected chi connectivity index (χ2v) is 8.37. The highest BCUT2D eigenvalue weighted by Crippen LogP contribution is 2.36. The number of aromatic nitrogens is 4. The number of nitrogens with one attached hydrogen (secondary N) is 1. The SMILES string of the molecule is COc1cc2ncnc(N3CCC(n4c(=O)[nH]c5cc(Cl)ccc5c4=O)CC3)c2cc1OC. The summed E-state index contributed by atoms with van der Waals surface area (Å²) in [6.45, 7) is 1.27. The molecule has 1 aliphatic rings. The molecule has 0 aliphatic carbocycles. The van der Waals surface area contributed by atoms with Crippen molar-refractivity contribution in [1.29, 1.82) is 0 Å². The van der Waals surface area contributed by atoms with E-state index in [1.54, 1.807) is 32.4 Å². The van der Waals surface area contributed by atoms with Crippen LogP contribution in [0.4, 0.5) is 5.82 Å². The number of hydrogen-bond acceptors (Lipinski definition) is 7. The second kappa shape index (κ2) is 8.40. The van der Waals surface area contributed by atoms with E-state index in [2.05, 4.69) is 19.9 Å². The molecule has 0 atom stereocenters. The standard InChI is InChI=1S/C23H22ClN5O4/c1-32-19-10-16-17(11-20(19)33-2)25-12-26-21(16)28-7-5-14(6-8-28)29-22(30)15-4-3-13(24)9-18(15)27-23(29)31/h3-4,9-12,14H,5-8H2,1-2H3,(H,27,31). The zero-order chi connectivity index (χ0) is 23.1. The number of hydrogen-bond donors (Lipinski definition) is 1. The largest absolute Gasteiger partial charge is 0.493 e. The highest BCUT2D eigenvalue weighted by molar-refractivity contribution is 6.31. The van der Waals surface area contributed by atoms with Crippen molar-refractivity contribution >= 4 is 39.2 Å². The van der Waals surface area contributed by atoms with Crippen molar-refractivity contribution in [2.45, 2.75) is 18.9 Å². The van der Waals surface area contributed by atoms with Gasteiger partial charge in [-0.15, -0.1) is 0 Å². The summed E-state index contributed by atoms with van der Waals surface area (Å²) < 4.78 is 12.2. The zero-order valence-corrected chi connectivity index (χ0v) is 18.9. The lowest BCUT2D eigenvalue weighted by atomic mass is 10.0. The molecule has 0 spiro atoms. The lowest BCUT2D eigenvalue weighted by Crippen LogP contribution is -2.43. The van der Waals surface area contributed by atoms with Crippen LogP contribution in [0.15, 0.2) is 46.2 Å². The smallest absolute Gasteiger partial charge is 0.329 e. The van der Waals surface area contributed by atoms with Gasteiger partial charge in [-0.25, -0.2) is 14.8 Å². The first-order chi connectivity index (χ1) is 16.0. The van der Waals surface area contributed by atoms with E-state index in [0.29, 0.717) is 53.4 Å². The van der Waals surface area contributed by atoms with Crippen molar-refractivity contribution in [2.24, 2.45) is 0 Å². The summed E-state index contributed by atoms with van der Waals surface area (Å²) in [6, 6.07) is 8.39. The minimum Gasteiger partial charge on any atom is -0.493 e. The summed E-state index contributed by atoms with van der Waals surface area (Å²) >= 11 is 6.00. The van der Waals surface area contributed by atoms with Gasteiger partial charge in [0.2, 0.25) is 0 Å². The van der Waals surface area contributed by atoms with E-state index in [-0.39, 0.29) is 11.6 Å². The molecule has 4 aromatic rings. The number of ether oxygens (including phenoxy) is 2. The Morgan fingerprint density at radius 3 is 2.45 bits per heavy atom. The normalized spacial score (nSPS) is 14.7. The Balaban J connectivity index is 1.46. The average molecular weight is 468 g/mol. The van der Waals surface area contributed by atoms with Crippen LogP contribution in [-0.4, -0.2) is 46.8 Å². The first kappa shape index (κ1) is 21.3. The molecule has 3 heterocycles. The minimum absolute atomic E-state index is 0.208. The molecule has 1 fully saturated rings. The Morgan fingerprint density at radius 2 is 1.73 bits per heavy atom. The van der Waals surface area contributed by atoms with E-state index in [1.165, 1.54) is 10.9 Å². The van der Waals surface area contributed by atoms with Crippen molar-refractivity contribution in [3.8, 4) is 11.5 Å². The van der Waals surface area contributed by atoms with Gasteiger partial charge in [0, 0.05) is 35.6 Å². The summed E-state index contributed by atoms with van der Waals surface area (Å²) in [7, 11) is 3.17. The topological polar surface area (TPSA) is 102 Å². The zero-order valence-electron chi connectivity index (χ0n) is 18.2. The highest BCUT2D eigenvalue weighted by Gasteiger charge is 2.26. The molecule has 33 heavy (non-hydrogen) atoms. The van der Waals surface area contributed by atoms with Gasteiger partial charge in [-0.05, 0) is 37.1 Å². The number of halogens is 1. The highest BCUT2D eigenvalue weighted by atomic mass is 35.5. The fourth-order valence-corrected chi connectivity index (χ4v) is 4.66. The number of aromatic amines is 1. The fourth-order valence-electron chi connectivity index (χ4n) is 4.49. The number of methoxy groups -OCH3 is 2. The summed E-state index contributed by atoms with van der Waals surface area (Å²) in [5.74, 6) is 1.99. The summed E-state index contributed by atoms with van der Waals surface area (Å²) in [5, 5.41) is 1.77. The number of nitrogens with zero attached hydrogens (tertiary/aromatic N) is 4. The van der Waals surface area contributed by atoms with Crippen molar-refractivity contribution in [3.63, 3.8) is 0 Å². The third-order valence-corrected chi connectivity index (χ3v) is 6.38. The number of benzene rings is 2. The third kappa shape index (κ3) is 3.68. The fraction of sp³-hybridized carbons (Fsp3) is 0.304. The number of rotatable bonds is 4. The molecule has 0 radical (unpaired) electrons. The van der Waals surface area contributed by atoms with Gasteiger partial charge in [0.25, 0.3) is 5.56 Å². The Labute approximate surface area is 193 Å². The van der Waals surface area contributed by atoms with E-state index < -0.39 is 5.69 Å². The maximum absolute atomic E-state index is 13.1. The van der Waals surface area contributed by atoms with Gasteiger partial charge in [-0.1, -0.05) is 11.6 Å². The van der Waals surface area contributed by atoms with Gasteiger partial charge in [0.1, 0.15) is 12.1 Å². The van der Waals surface area contributed by atoms with Gasteiger partial charge < -0.3 is 19.4 Å². The molecule has 5 rings (SSSR count). The first-order valence-electron chi connectivity index (χ1n) is 10.6. The van der Waals surface area contributed by atoms with Crippen LogP contribution in [0.2, 0.25) is 5.02 Å². The second-order valence-electron chi connectivity index (χ2n) is 7.94. The van der Waals surface area contributed by atoms with Crippen LogP contribution in [-0.2, 0) is 0 Å². The van der Waals surface area contributed by atoms with Crippen molar-refractivity contribution in [2.75, 3.05) is 32.2 Å². The van der Waals surface area contributed by atoms with Gasteiger partial charge in [0.05, 0.1) is 30.6 Å². The molecule has 0 amide bonds. The van der Waals surface area contributed by atoms with Crippen LogP contribution in [0.1, 0.15) is 18.9 Å². The van der Waals surface area contributed by atoms with Gasteiger partial charge in [-0.3, -0.25) is 9.36 Å². The van der Waals surface area contributed by atoms with Gasteiger partial charge >= 0.3 is 5.69 Å². The molecular weight excluding hydrogens is 446 g/mol. The van der Waals surface area contributed by atoms with Crippen molar-refractivity contribution in [3.05, 3.63) is 62.5 Å². The molecule has 0 bridgehead atoms. The van der Waals surface area contributed by atoms with E-state index >= 15 is 0 Å². The maximum atomic E-state index is 13.1. The monoisotopic (exact) mass is 467 g/mol. The average Bonchev–Trinajstić information content (AvgIpc) is 2.83. The Hall–Kier alpha value is -3.59. The molecular formula is C23H22ClN5O4. The molecule has 2 aromatic heterocycles. The number of fused-ring (bicyclic) bond motifs is 2. The molecule has 170 valence electrons. The number of H-pyrrole nitrogens is 1. The Bertz CT molecular complexity index is 1470. The Morgan fingerprint density at radius 1 is 1.00 bits per heavy atom. The molecule has 1 N–H and O–H groups in total. The van der Waals surface area contributed by atoms with Crippen LogP contribution in [0.3, 0.4) is 0 Å². The summed E-state index contributed by atoms with van der Waals surface area (Å²) in [4.78, 5) is 39.6. The van der Waals surface area contributed by atoms with Crippen molar-refractivity contribution in [1.82, 2.24) is 19.5 Å². The molecule has 0 unspecified atom stereocenters. The Kier molecular flexibility index (Phi) is 5.41.